The molecular weight excluding hydrogens is 305 g/mol. The van der Waals surface area contributed by atoms with Gasteiger partial charge in [0.05, 0.1) is 6.54 Å². The SMILES string of the molecule is Cc1cc(CNC(=O)CN(CCN)Cc2ccccc2)ccc1F. The number of carbonyl (C=O) groups is 1. The largest absolute Gasteiger partial charge is 0.351 e. The molecule has 24 heavy (non-hydrogen) atoms. The number of rotatable bonds is 8. The van der Waals surface area contributed by atoms with Crippen molar-refractivity contribution in [2.45, 2.75) is 20.0 Å². The number of amides is 1. The van der Waals surface area contributed by atoms with E-state index in [0.29, 0.717) is 31.7 Å². The lowest BCUT2D eigenvalue weighted by atomic mass is 10.1. The predicted molar refractivity (Wildman–Crippen MR) is 93.8 cm³/mol. The molecule has 0 fully saturated rings. The Balaban J connectivity index is 1.86. The normalized spacial score (nSPS) is 10.8. The number of nitrogens with one attached hydrogen (secondary N) is 1. The number of nitrogens with two attached hydrogens (primary N) is 1. The van der Waals surface area contributed by atoms with E-state index in [9.17, 15) is 9.18 Å². The van der Waals surface area contributed by atoms with E-state index in [1.165, 1.54) is 6.07 Å². The number of benzene rings is 2. The molecular formula is C19H24FN3O. The van der Waals surface area contributed by atoms with E-state index in [-0.39, 0.29) is 18.3 Å². The van der Waals surface area contributed by atoms with Gasteiger partial charge < -0.3 is 11.1 Å². The fourth-order valence-electron chi connectivity index (χ4n) is 2.51. The van der Waals surface area contributed by atoms with Crippen molar-refractivity contribution in [3.63, 3.8) is 0 Å². The molecule has 4 nitrogen and oxygen atoms in total. The summed E-state index contributed by atoms with van der Waals surface area (Å²) in [4.78, 5) is 14.2. The summed E-state index contributed by atoms with van der Waals surface area (Å²) in [6, 6.07) is 14.8. The Bertz CT molecular complexity index is 661. The third kappa shape index (κ3) is 5.76. The van der Waals surface area contributed by atoms with Crippen LogP contribution in [0.15, 0.2) is 48.5 Å². The molecule has 0 heterocycles. The highest BCUT2D eigenvalue weighted by atomic mass is 19.1. The fraction of sp³-hybridized carbons (Fsp3) is 0.316. The van der Waals surface area contributed by atoms with Crippen molar-refractivity contribution < 1.29 is 9.18 Å². The van der Waals surface area contributed by atoms with Gasteiger partial charge in [-0.3, -0.25) is 9.69 Å². The first-order valence-corrected chi connectivity index (χ1v) is 8.06. The summed E-state index contributed by atoms with van der Waals surface area (Å²) in [5.41, 5.74) is 8.26. The molecule has 0 saturated heterocycles. The summed E-state index contributed by atoms with van der Waals surface area (Å²) in [5.74, 6) is -0.302. The molecule has 0 aliphatic carbocycles. The van der Waals surface area contributed by atoms with Crippen LogP contribution in [0.4, 0.5) is 4.39 Å². The monoisotopic (exact) mass is 329 g/mol. The first-order valence-electron chi connectivity index (χ1n) is 8.06. The number of hydrogen-bond donors (Lipinski definition) is 2. The Morgan fingerprint density at radius 3 is 2.58 bits per heavy atom. The van der Waals surface area contributed by atoms with Crippen molar-refractivity contribution in [3.05, 3.63) is 71.0 Å². The number of nitrogens with zero attached hydrogens (tertiary/aromatic N) is 1. The Hall–Kier alpha value is -2.24. The Morgan fingerprint density at radius 2 is 1.92 bits per heavy atom. The molecule has 0 saturated carbocycles. The summed E-state index contributed by atoms with van der Waals surface area (Å²) >= 11 is 0. The zero-order valence-corrected chi connectivity index (χ0v) is 14.0. The van der Waals surface area contributed by atoms with Gasteiger partial charge in [-0.2, -0.15) is 0 Å². The average molecular weight is 329 g/mol. The summed E-state index contributed by atoms with van der Waals surface area (Å²) in [7, 11) is 0. The van der Waals surface area contributed by atoms with E-state index in [1.54, 1.807) is 19.1 Å². The molecule has 0 unspecified atom stereocenters. The van der Waals surface area contributed by atoms with Crippen molar-refractivity contribution in [2.75, 3.05) is 19.6 Å². The van der Waals surface area contributed by atoms with Crippen LogP contribution in [0.2, 0.25) is 0 Å². The molecule has 0 aliphatic rings. The van der Waals surface area contributed by atoms with E-state index in [2.05, 4.69) is 5.32 Å². The maximum absolute atomic E-state index is 13.3. The molecule has 3 N–H and O–H groups in total. The Kier molecular flexibility index (Phi) is 6.90. The maximum Gasteiger partial charge on any atom is 0.234 e. The minimum atomic E-state index is -0.234. The third-order valence-corrected chi connectivity index (χ3v) is 3.77. The van der Waals surface area contributed by atoms with Crippen molar-refractivity contribution in [1.29, 1.82) is 0 Å². The first-order chi connectivity index (χ1) is 11.6. The number of aryl methyl sites for hydroxylation is 1. The van der Waals surface area contributed by atoms with Crippen LogP contribution in [0.1, 0.15) is 16.7 Å². The zero-order chi connectivity index (χ0) is 17.4. The predicted octanol–water partition coefficient (Wildman–Crippen LogP) is 2.21. The van der Waals surface area contributed by atoms with Crippen LogP contribution in [-0.4, -0.2) is 30.4 Å². The van der Waals surface area contributed by atoms with Gasteiger partial charge in [-0.15, -0.1) is 0 Å². The molecule has 0 spiro atoms. The van der Waals surface area contributed by atoms with Crippen molar-refractivity contribution in [1.82, 2.24) is 10.2 Å². The highest BCUT2D eigenvalue weighted by molar-refractivity contribution is 5.78. The van der Waals surface area contributed by atoms with Crippen LogP contribution in [-0.2, 0) is 17.9 Å². The minimum Gasteiger partial charge on any atom is -0.351 e. The lowest BCUT2D eigenvalue weighted by Gasteiger charge is -2.21. The minimum absolute atomic E-state index is 0.0682. The van der Waals surface area contributed by atoms with Gasteiger partial charge in [0.1, 0.15) is 5.82 Å². The molecule has 2 aromatic carbocycles. The maximum atomic E-state index is 13.3. The molecule has 0 atom stereocenters. The molecule has 2 aromatic rings. The second-order valence-electron chi connectivity index (χ2n) is 5.85. The summed E-state index contributed by atoms with van der Waals surface area (Å²) in [6.07, 6.45) is 0. The van der Waals surface area contributed by atoms with Gasteiger partial charge in [0.15, 0.2) is 0 Å². The summed E-state index contributed by atoms with van der Waals surface area (Å²) < 4.78 is 13.3. The smallest absolute Gasteiger partial charge is 0.234 e. The van der Waals surface area contributed by atoms with Gasteiger partial charge >= 0.3 is 0 Å². The van der Waals surface area contributed by atoms with E-state index in [1.807, 2.05) is 35.2 Å². The highest BCUT2D eigenvalue weighted by Crippen LogP contribution is 2.09. The third-order valence-electron chi connectivity index (χ3n) is 3.77. The van der Waals surface area contributed by atoms with Crippen LogP contribution in [0.5, 0.6) is 0 Å². The Morgan fingerprint density at radius 1 is 1.17 bits per heavy atom. The van der Waals surface area contributed by atoms with Crippen molar-refractivity contribution in [3.8, 4) is 0 Å². The van der Waals surface area contributed by atoms with E-state index in [0.717, 1.165) is 11.1 Å². The molecule has 0 aromatic heterocycles. The lowest BCUT2D eigenvalue weighted by Crippen LogP contribution is -2.39. The van der Waals surface area contributed by atoms with Gasteiger partial charge in [0.2, 0.25) is 5.91 Å². The van der Waals surface area contributed by atoms with Gasteiger partial charge in [-0.05, 0) is 29.7 Å². The van der Waals surface area contributed by atoms with E-state index < -0.39 is 0 Å². The highest BCUT2D eigenvalue weighted by Gasteiger charge is 2.11. The quantitative estimate of drug-likeness (QED) is 0.781. The fourth-order valence-corrected chi connectivity index (χ4v) is 2.51. The average Bonchev–Trinajstić information content (AvgIpc) is 2.57. The lowest BCUT2D eigenvalue weighted by molar-refractivity contribution is -0.122. The molecule has 2 rings (SSSR count). The second kappa shape index (κ2) is 9.15. The van der Waals surface area contributed by atoms with Crippen LogP contribution < -0.4 is 11.1 Å². The second-order valence-corrected chi connectivity index (χ2v) is 5.85. The molecule has 0 bridgehead atoms. The van der Waals surface area contributed by atoms with Crippen LogP contribution in [0.25, 0.3) is 0 Å². The van der Waals surface area contributed by atoms with Gasteiger partial charge in [-0.1, -0.05) is 42.5 Å². The number of hydrogen-bond acceptors (Lipinski definition) is 3. The van der Waals surface area contributed by atoms with E-state index in [4.69, 9.17) is 5.73 Å². The van der Waals surface area contributed by atoms with Gasteiger partial charge in [0.25, 0.3) is 0 Å². The summed E-state index contributed by atoms with van der Waals surface area (Å²) in [5, 5.41) is 2.88. The van der Waals surface area contributed by atoms with Crippen LogP contribution >= 0.6 is 0 Å². The van der Waals surface area contributed by atoms with Gasteiger partial charge in [0, 0.05) is 26.2 Å². The molecule has 5 heteroatoms. The molecule has 0 radical (unpaired) electrons. The number of carbonyl (C=O) groups excluding carboxylic acids is 1. The Labute approximate surface area is 142 Å². The molecule has 0 aliphatic heterocycles. The van der Waals surface area contributed by atoms with E-state index >= 15 is 0 Å². The van der Waals surface area contributed by atoms with Gasteiger partial charge in [-0.25, -0.2) is 4.39 Å². The van der Waals surface area contributed by atoms with Crippen molar-refractivity contribution in [2.24, 2.45) is 5.73 Å². The zero-order valence-electron chi connectivity index (χ0n) is 14.0. The molecule has 1 amide bonds. The molecule has 128 valence electrons. The first kappa shape index (κ1) is 18.1. The van der Waals surface area contributed by atoms with Crippen LogP contribution in [0.3, 0.4) is 0 Å². The summed E-state index contributed by atoms with van der Waals surface area (Å²) in [6.45, 7) is 4.22. The topological polar surface area (TPSA) is 58.4 Å². The standard InChI is InChI=1S/C19H24FN3O/c1-15-11-17(7-8-18(15)20)12-22-19(24)14-23(10-9-21)13-16-5-3-2-4-6-16/h2-8,11H,9-10,12-14,21H2,1H3,(H,22,24). The van der Waals surface area contributed by atoms with Crippen molar-refractivity contribution >= 4 is 5.91 Å². The number of halogens is 1. The van der Waals surface area contributed by atoms with Crippen LogP contribution in [0, 0.1) is 12.7 Å².